The number of aryl methyl sites for hydroxylation is 1. The molecule has 1 aromatic carbocycles. The van der Waals surface area contributed by atoms with Crippen LogP contribution in [-0.4, -0.2) is 35.4 Å². The van der Waals surface area contributed by atoms with Crippen LogP contribution in [-0.2, 0) is 4.79 Å². The van der Waals surface area contributed by atoms with Crippen LogP contribution in [0.25, 0.3) is 22.5 Å². The molecule has 0 saturated carbocycles. The van der Waals surface area contributed by atoms with Crippen molar-refractivity contribution in [3.63, 3.8) is 0 Å². The van der Waals surface area contributed by atoms with Gasteiger partial charge < -0.3 is 5.32 Å². The van der Waals surface area contributed by atoms with E-state index >= 15 is 0 Å². The summed E-state index contributed by atoms with van der Waals surface area (Å²) >= 11 is 5.98. The summed E-state index contributed by atoms with van der Waals surface area (Å²) in [4.78, 5) is 20.9. The van der Waals surface area contributed by atoms with Gasteiger partial charge in [0.1, 0.15) is 12.1 Å². The summed E-state index contributed by atoms with van der Waals surface area (Å²) in [7, 11) is 0. The van der Waals surface area contributed by atoms with Gasteiger partial charge in [-0.05, 0) is 31.2 Å². The summed E-state index contributed by atoms with van der Waals surface area (Å²) in [5.41, 5.74) is 2.21. The van der Waals surface area contributed by atoms with Crippen molar-refractivity contribution in [3.8, 4) is 11.5 Å². The molecule has 9 heteroatoms. The number of carbonyl (C=O) groups is 1. The molecule has 0 saturated heterocycles. The average Bonchev–Trinajstić information content (AvgIpc) is 3.25. The number of carbonyl (C=O) groups excluding carboxylic acids is 1. The molecule has 0 atom stereocenters. The number of fused-ring (bicyclic) bond motifs is 1. The highest BCUT2D eigenvalue weighted by Crippen LogP contribution is 2.24. The molecule has 1 N–H and O–H groups in total. The third-order valence-electron chi connectivity index (χ3n) is 4.22. The molecule has 0 fully saturated rings. The normalized spacial score (nSPS) is 11.3. The first-order valence-corrected chi connectivity index (χ1v) is 9.14. The Hall–Kier alpha value is -3.26. The van der Waals surface area contributed by atoms with E-state index in [0.717, 1.165) is 11.4 Å². The number of halogens is 1. The maximum atomic E-state index is 12.2. The van der Waals surface area contributed by atoms with Gasteiger partial charge in [-0.3, -0.25) is 4.79 Å². The fourth-order valence-corrected chi connectivity index (χ4v) is 2.92. The largest absolute Gasteiger partial charge is 0.310 e. The maximum absolute atomic E-state index is 12.2. The van der Waals surface area contributed by atoms with Crippen LogP contribution < -0.4 is 5.32 Å². The zero-order chi connectivity index (χ0) is 19.8. The molecule has 0 aliphatic heterocycles. The average molecular weight is 396 g/mol. The summed E-state index contributed by atoms with van der Waals surface area (Å²) < 4.78 is 3.31. The number of anilines is 1. The molecule has 28 heavy (non-hydrogen) atoms. The second-order valence-corrected chi connectivity index (χ2v) is 7.13. The van der Waals surface area contributed by atoms with Crippen LogP contribution in [0.1, 0.15) is 19.5 Å². The van der Waals surface area contributed by atoms with E-state index in [-0.39, 0.29) is 11.8 Å². The summed E-state index contributed by atoms with van der Waals surface area (Å²) in [6, 6.07) is 9.12. The number of rotatable bonds is 4. The molecule has 4 rings (SSSR count). The molecule has 0 aliphatic rings. The molecular weight excluding hydrogens is 378 g/mol. The molecule has 4 aromatic rings. The van der Waals surface area contributed by atoms with E-state index in [1.165, 1.54) is 6.33 Å². The lowest BCUT2D eigenvalue weighted by Gasteiger charge is -2.10. The molecule has 0 bridgehead atoms. The van der Waals surface area contributed by atoms with Crippen molar-refractivity contribution >= 4 is 34.4 Å². The molecular formula is C19H18ClN7O. The number of amides is 1. The second-order valence-electron chi connectivity index (χ2n) is 6.69. The molecule has 8 nitrogen and oxygen atoms in total. The Morgan fingerprint density at radius 2 is 1.89 bits per heavy atom. The lowest BCUT2D eigenvalue weighted by atomic mass is 10.2. The van der Waals surface area contributed by atoms with Gasteiger partial charge in [-0.2, -0.15) is 14.9 Å². The van der Waals surface area contributed by atoms with Gasteiger partial charge in [0.25, 0.3) is 0 Å². The number of hydrogen-bond acceptors (Lipinski definition) is 5. The third-order valence-corrected chi connectivity index (χ3v) is 4.48. The predicted octanol–water partition coefficient (Wildman–Crippen LogP) is 3.56. The first-order valence-electron chi connectivity index (χ1n) is 8.76. The van der Waals surface area contributed by atoms with Crippen molar-refractivity contribution in [2.45, 2.75) is 20.8 Å². The molecule has 3 heterocycles. The molecule has 0 aliphatic carbocycles. The van der Waals surface area contributed by atoms with E-state index in [0.29, 0.717) is 27.7 Å². The number of nitrogens with zero attached hydrogens (tertiary/aromatic N) is 6. The minimum atomic E-state index is -0.151. The van der Waals surface area contributed by atoms with E-state index in [9.17, 15) is 4.79 Å². The van der Waals surface area contributed by atoms with Crippen LogP contribution in [0.15, 0.2) is 42.9 Å². The van der Waals surface area contributed by atoms with Crippen molar-refractivity contribution in [2.75, 3.05) is 5.32 Å². The topological polar surface area (TPSA) is 90.5 Å². The van der Waals surface area contributed by atoms with Crippen LogP contribution in [0.2, 0.25) is 5.02 Å². The van der Waals surface area contributed by atoms with E-state index in [2.05, 4.69) is 25.5 Å². The molecule has 3 aromatic heterocycles. The van der Waals surface area contributed by atoms with Gasteiger partial charge in [0.2, 0.25) is 5.91 Å². The fraction of sp³-hybridized carbons (Fsp3) is 0.211. The smallest absolute Gasteiger partial charge is 0.228 e. The Labute approximate surface area is 166 Å². The first-order chi connectivity index (χ1) is 13.4. The second kappa shape index (κ2) is 7.05. The Morgan fingerprint density at radius 1 is 1.14 bits per heavy atom. The van der Waals surface area contributed by atoms with Gasteiger partial charge in [0.05, 0.1) is 23.0 Å². The number of aromatic nitrogens is 6. The first kappa shape index (κ1) is 18.1. The molecule has 0 radical (unpaired) electrons. The summed E-state index contributed by atoms with van der Waals surface area (Å²) in [5.74, 6) is 0.845. The van der Waals surface area contributed by atoms with E-state index < -0.39 is 0 Å². The minimum Gasteiger partial charge on any atom is -0.310 e. The van der Waals surface area contributed by atoms with Crippen LogP contribution in [0.3, 0.4) is 0 Å². The lowest BCUT2D eigenvalue weighted by Crippen LogP contribution is -2.20. The van der Waals surface area contributed by atoms with Gasteiger partial charge in [-0.15, -0.1) is 0 Å². The third kappa shape index (κ3) is 3.22. The van der Waals surface area contributed by atoms with Crippen molar-refractivity contribution < 1.29 is 4.79 Å². The van der Waals surface area contributed by atoms with Crippen LogP contribution >= 0.6 is 11.6 Å². The molecule has 0 unspecified atom stereocenters. The number of nitrogens with one attached hydrogen (secondary N) is 1. The lowest BCUT2D eigenvalue weighted by molar-refractivity contribution is -0.118. The molecule has 0 spiro atoms. The van der Waals surface area contributed by atoms with E-state index in [1.807, 2.05) is 32.9 Å². The van der Waals surface area contributed by atoms with Gasteiger partial charge in [0.15, 0.2) is 11.5 Å². The minimum absolute atomic E-state index is 0.0942. The Kier molecular flexibility index (Phi) is 4.56. The number of benzene rings is 1. The predicted molar refractivity (Wildman–Crippen MR) is 107 cm³/mol. The van der Waals surface area contributed by atoms with Crippen molar-refractivity contribution in [1.82, 2.24) is 29.5 Å². The maximum Gasteiger partial charge on any atom is 0.228 e. The highest BCUT2D eigenvalue weighted by Gasteiger charge is 2.18. The van der Waals surface area contributed by atoms with E-state index in [4.69, 9.17) is 11.6 Å². The van der Waals surface area contributed by atoms with Gasteiger partial charge in [-0.1, -0.05) is 25.4 Å². The van der Waals surface area contributed by atoms with E-state index in [1.54, 1.807) is 33.8 Å². The van der Waals surface area contributed by atoms with Crippen molar-refractivity contribution in [1.29, 1.82) is 0 Å². The molecule has 1 amide bonds. The quantitative estimate of drug-likeness (QED) is 0.570. The summed E-state index contributed by atoms with van der Waals surface area (Å²) in [6.07, 6.45) is 3.14. The van der Waals surface area contributed by atoms with Crippen LogP contribution in [0.4, 0.5) is 5.82 Å². The van der Waals surface area contributed by atoms with Gasteiger partial charge >= 0.3 is 0 Å². The van der Waals surface area contributed by atoms with Gasteiger partial charge in [0, 0.05) is 17.0 Å². The molecule has 142 valence electrons. The Morgan fingerprint density at radius 3 is 2.61 bits per heavy atom. The van der Waals surface area contributed by atoms with Crippen LogP contribution in [0.5, 0.6) is 0 Å². The fourth-order valence-electron chi connectivity index (χ4n) is 2.79. The Balaban J connectivity index is 1.83. The van der Waals surface area contributed by atoms with Crippen LogP contribution in [0, 0.1) is 12.8 Å². The SMILES string of the molecule is Cc1cc(NC(=O)C(C)C)n(-c2ncnc3c2cnn3-c2ccc(Cl)cc2)n1. The van der Waals surface area contributed by atoms with Gasteiger partial charge in [-0.25, -0.2) is 14.6 Å². The van der Waals surface area contributed by atoms with Crippen molar-refractivity contribution in [3.05, 3.63) is 53.6 Å². The zero-order valence-corrected chi connectivity index (χ0v) is 16.3. The summed E-state index contributed by atoms with van der Waals surface area (Å²) in [6.45, 7) is 5.53. The zero-order valence-electron chi connectivity index (χ0n) is 15.6. The Bertz CT molecular complexity index is 1160. The summed E-state index contributed by atoms with van der Waals surface area (Å²) in [5, 5.41) is 13.2. The van der Waals surface area contributed by atoms with Crippen molar-refractivity contribution in [2.24, 2.45) is 5.92 Å². The standard InChI is InChI=1S/C19H18ClN7O/c1-11(2)19(28)24-16-8-12(3)25-27(16)18-15-9-23-26(17(15)21-10-22-18)14-6-4-13(20)5-7-14/h4-11H,1-3H3,(H,24,28). The number of hydrogen-bond donors (Lipinski definition) is 1. The highest BCUT2D eigenvalue weighted by atomic mass is 35.5. The highest BCUT2D eigenvalue weighted by molar-refractivity contribution is 6.30. The monoisotopic (exact) mass is 395 g/mol.